The van der Waals surface area contributed by atoms with Gasteiger partial charge in [0.15, 0.2) is 0 Å². The number of hydrogen-bond donors (Lipinski definition) is 1. The van der Waals surface area contributed by atoms with Gasteiger partial charge >= 0.3 is 5.97 Å². The van der Waals surface area contributed by atoms with Gasteiger partial charge in [0, 0.05) is 12.5 Å². The third-order valence-corrected chi connectivity index (χ3v) is 3.18. The lowest BCUT2D eigenvalue weighted by Gasteiger charge is -2.29. The lowest BCUT2D eigenvalue weighted by atomic mass is 9.83. The summed E-state index contributed by atoms with van der Waals surface area (Å²) < 4.78 is 10.1. The van der Waals surface area contributed by atoms with E-state index in [9.17, 15) is 9.90 Å². The van der Waals surface area contributed by atoms with Crippen LogP contribution < -0.4 is 0 Å². The highest BCUT2D eigenvalue weighted by Crippen LogP contribution is 2.33. The van der Waals surface area contributed by atoms with Crippen LogP contribution >= 0.6 is 0 Å². The number of esters is 1. The molecule has 0 amide bonds. The molecule has 1 aliphatic heterocycles. The maximum Gasteiger partial charge on any atom is 0.311 e. The summed E-state index contributed by atoms with van der Waals surface area (Å²) in [6, 6.07) is 6.97. The van der Waals surface area contributed by atoms with Crippen LogP contribution in [0.15, 0.2) is 24.3 Å². The van der Waals surface area contributed by atoms with Crippen molar-refractivity contribution in [2.45, 2.75) is 12.3 Å². The van der Waals surface area contributed by atoms with Crippen LogP contribution in [0, 0.1) is 5.92 Å². The van der Waals surface area contributed by atoms with Gasteiger partial charge in [0.05, 0.1) is 19.6 Å². The Morgan fingerprint density at radius 3 is 2.76 bits per heavy atom. The molecule has 0 radical (unpaired) electrons. The van der Waals surface area contributed by atoms with Gasteiger partial charge in [-0.15, -0.1) is 0 Å². The van der Waals surface area contributed by atoms with E-state index in [2.05, 4.69) is 0 Å². The Morgan fingerprint density at radius 1 is 1.41 bits per heavy atom. The van der Waals surface area contributed by atoms with Gasteiger partial charge in [0.25, 0.3) is 0 Å². The monoisotopic (exact) mass is 236 g/mol. The summed E-state index contributed by atoms with van der Waals surface area (Å²) in [6.45, 7) is 1.05. The predicted molar refractivity (Wildman–Crippen MR) is 61.8 cm³/mol. The molecule has 0 spiro atoms. The first-order chi connectivity index (χ1) is 8.22. The van der Waals surface area contributed by atoms with Gasteiger partial charge in [-0.3, -0.25) is 4.79 Å². The van der Waals surface area contributed by atoms with E-state index < -0.39 is 0 Å². The van der Waals surface area contributed by atoms with Gasteiger partial charge in [0.2, 0.25) is 0 Å². The first-order valence-electron chi connectivity index (χ1n) is 5.67. The van der Waals surface area contributed by atoms with Gasteiger partial charge < -0.3 is 14.6 Å². The summed E-state index contributed by atoms with van der Waals surface area (Å²) in [5, 5.41) is 9.26. The first-order valence-corrected chi connectivity index (χ1v) is 5.67. The van der Waals surface area contributed by atoms with E-state index in [1.165, 1.54) is 7.11 Å². The fraction of sp³-hybridized carbons (Fsp3) is 0.462. The number of carbonyl (C=O) groups is 1. The van der Waals surface area contributed by atoms with Crippen LogP contribution in [-0.2, 0) is 14.3 Å². The van der Waals surface area contributed by atoms with Gasteiger partial charge in [-0.05, 0) is 24.1 Å². The molecule has 0 bridgehead atoms. The van der Waals surface area contributed by atoms with Crippen LogP contribution in [0.4, 0.5) is 0 Å². The van der Waals surface area contributed by atoms with Crippen molar-refractivity contribution in [3.63, 3.8) is 0 Å². The van der Waals surface area contributed by atoms with Crippen molar-refractivity contribution in [1.82, 2.24) is 0 Å². The summed E-state index contributed by atoms with van der Waals surface area (Å²) in [5.74, 6) is -0.145. The Kier molecular flexibility index (Phi) is 3.64. The highest BCUT2D eigenvalue weighted by atomic mass is 16.5. The minimum absolute atomic E-state index is 0.108. The van der Waals surface area contributed by atoms with Gasteiger partial charge in [-0.2, -0.15) is 0 Å². The zero-order valence-corrected chi connectivity index (χ0v) is 9.76. The van der Waals surface area contributed by atoms with Crippen LogP contribution in [0.3, 0.4) is 0 Å². The van der Waals surface area contributed by atoms with E-state index in [-0.39, 0.29) is 23.6 Å². The molecule has 4 heteroatoms. The maximum absolute atomic E-state index is 11.7. The van der Waals surface area contributed by atoms with E-state index in [1.807, 2.05) is 12.1 Å². The number of phenols is 1. The van der Waals surface area contributed by atoms with E-state index >= 15 is 0 Å². The van der Waals surface area contributed by atoms with Crippen LogP contribution in [0.5, 0.6) is 5.75 Å². The number of benzene rings is 1. The summed E-state index contributed by atoms with van der Waals surface area (Å²) >= 11 is 0. The Bertz CT molecular complexity index is 385. The molecule has 0 saturated carbocycles. The second kappa shape index (κ2) is 5.19. The fourth-order valence-electron chi connectivity index (χ4n) is 2.24. The maximum atomic E-state index is 11.7. The van der Waals surface area contributed by atoms with E-state index in [0.29, 0.717) is 13.2 Å². The number of phenolic OH excluding ortho intramolecular Hbond substituents is 1. The quantitative estimate of drug-likeness (QED) is 0.794. The van der Waals surface area contributed by atoms with Crippen molar-refractivity contribution in [2.75, 3.05) is 20.3 Å². The van der Waals surface area contributed by atoms with Crippen LogP contribution in [0.2, 0.25) is 0 Å². The molecule has 1 heterocycles. The van der Waals surface area contributed by atoms with Crippen LogP contribution in [0.25, 0.3) is 0 Å². The molecule has 2 unspecified atom stereocenters. The minimum atomic E-state index is -0.252. The first kappa shape index (κ1) is 11.9. The van der Waals surface area contributed by atoms with Gasteiger partial charge in [0.1, 0.15) is 5.75 Å². The zero-order chi connectivity index (χ0) is 12.3. The average molecular weight is 236 g/mol. The number of rotatable bonds is 2. The van der Waals surface area contributed by atoms with E-state index in [4.69, 9.17) is 9.47 Å². The van der Waals surface area contributed by atoms with Crippen molar-refractivity contribution in [2.24, 2.45) is 5.92 Å². The normalized spacial score (nSPS) is 24.3. The Morgan fingerprint density at radius 2 is 2.12 bits per heavy atom. The zero-order valence-electron chi connectivity index (χ0n) is 9.76. The molecule has 1 aromatic carbocycles. The summed E-state index contributed by atoms with van der Waals surface area (Å²) in [5.41, 5.74) is 1.04. The lowest BCUT2D eigenvalue weighted by molar-refractivity contribution is -0.150. The van der Waals surface area contributed by atoms with Crippen molar-refractivity contribution in [3.8, 4) is 5.75 Å². The smallest absolute Gasteiger partial charge is 0.311 e. The second-order valence-corrected chi connectivity index (χ2v) is 4.19. The molecule has 4 nitrogen and oxygen atoms in total. The molecule has 1 saturated heterocycles. The SMILES string of the molecule is COC(=O)C1COCCC1c1ccc(O)cc1. The van der Waals surface area contributed by atoms with Crippen molar-refractivity contribution >= 4 is 5.97 Å². The highest BCUT2D eigenvalue weighted by molar-refractivity contribution is 5.74. The Hall–Kier alpha value is -1.55. The summed E-state index contributed by atoms with van der Waals surface area (Å²) in [7, 11) is 1.39. The standard InChI is InChI=1S/C13H16O4/c1-16-13(15)12-8-17-7-6-11(12)9-2-4-10(14)5-3-9/h2-5,11-12,14H,6-8H2,1H3. The number of carbonyl (C=O) groups excluding carboxylic acids is 1. The summed E-state index contributed by atoms with van der Waals surface area (Å²) in [4.78, 5) is 11.7. The van der Waals surface area contributed by atoms with Crippen molar-refractivity contribution in [1.29, 1.82) is 0 Å². The van der Waals surface area contributed by atoms with Crippen molar-refractivity contribution in [3.05, 3.63) is 29.8 Å². The molecule has 2 rings (SSSR count). The molecule has 1 aliphatic rings. The third-order valence-electron chi connectivity index (χ3n) is 3.18. The van der Waals surface area contributed by atoms with Gasteiger partial charge in [-0.1, -0.05) is 12.1 Å². The number of ether oxygens (including phenoxy) is 2. The van der Waals surface area contributed by atoms with Gasteiger partial charge in [-0.25, -0.2) is 0 Å². The average Bonchev–Trinajstić information content (AvgIpc) is 2.39. The van der Waals surface area contributed by atoms with E-state index in [0.717, 1.165) is 12.0 Å². The molecule has 17 heavy (non-hydrogen) atoms. The molecule has 2 atom stereocenters. The molecular weight excluding hydrogens is 220 g/mol. The molecular formula is C13H16O4. The molecule has 0 aliphatic carbocycles. The topological polar surface area (TPSA) is 55.8 Å². The molecule has 1 N–H and O–H groups in total. The highest BCUT2D eigenvalue weighted by Gasteiger charge is 2.33. The largest absolute Gasteiger partial charge is 0.508 e. The summed E-state index contributed by atoms with van der Waals surface area (Å²) in [6.07, 6.45) is 0.796. The van der Waals surface area contributed by atoms with Crippen LogP contribution in [-0.4, -0.2) is 31.4 Å². The molecule has 92 valence electrons. The lowest BCUT2D eigenvalue weighted by Crippen LogP contribution is -2.33. The molecule has 1 fully saturated rings. The molecule has 0 aromatic heterocycles. The minimum Gasteiger partial charge on any atom is -0.508 e. The second-order valence-electron chi connectivity index (χ2n) is 4.19. The Labute approximate surface area is 100 Å². The molecule has 1 aromatic rings. The number of methoxy groups -OCH3 is 1. The number of hydrogen-bond acceptors (Lipinski definition) is 4. The third kappa shape index (κ3) is 2.58. The van der Waals surface area contributed by atoms with Crippen molar-refractivity contribution < 1.29 is 19.4 Å². The Balaban J connectivity index is 2.21. The van der Waals surface area contributed by atoms with E-state index in [1.54, 1.807) is 12.1 Å². The van der Waals surface area contributed by atoms with Crippen LogP contribution in [0.1, 0.15) is 17.9 Å². The number of aromatic hydroxyl groups is 1. The fourth-order valence-corrected chi connectivity index (χ4v) is 2.24. The predicted octanol–water partition coefficient (Wildman–Crippen LogP) is 1.69.